The number of hydrogen-bond donors (Lipinski definition) is 2. The summed E-state index contributed by atoms with van der Waals surface area (Å²) >= 11 is 0. The van der Waals surface area contributed by atoms with E-state index in [1.807, 2.05) is 18.5 Å². The third-order valence-electron chi connectivity index (χ3n) is 4.38. The van der Waals surface area contributed by atoms with Gasteiger partial charge in [0.1, 0.15) is 6.10 Å². The van der Waals surface area contributed by atoms with Crippen molar-refractivity contribution in [2.24, 2.45) is 0 Å². The number of aromatic nitrogens is 4. The highest BCUT2D eigenvalue weighted by Gasteiger charge is 2.23. The number of nitrogens with one attached hydrogen (secondary N) is 2. The molecular formula is C17H26N6O3. The SMILES string of the molecule is CCCn1nc(C)c(NC(=O)NCCc2noc([C@H]3CCCO3)n2)c1C. The fourth-order valence-corrected chi connectivity index (χ4v) is 3.03. The number of amides is 2. The van der Waals surface area contributed by atoms with Crippen LogP contribution < -0.4 is 10.6 Å². The maximum atomic E-state index is 12.1. The number of nitrogens with zero attached hydrogens (tertiary/aromatic N) is 4. The Hall–Kier alpha value is -2.42. The van der Waals surface area contributed by atoms with Gasteiger partial charge < -0.3 is 19.9 Å². The molecular weight excluding hydrogens is 336 g/mol. The van der Waals surface area contributed by atoms with Gasteiger partial charge in [-0.25, -0.2) is 4.79 Å². The summed E-state index contributed by atoms with van der Waals surface area (Å²) in [6, 6.07) is -0.268. The third kappa shape index (κ3) is 4.21. The third-order valence-corrected chi connectivity index (χ3v) is 4.38. The van der Waals surface area contributed by atoms with Crippen LogP contribution in [0.1, 0.15) is 55.4 Å². The zero-order chi connectivity index (χ0) is 18.5. The van der Waals surface area contributed by atoms with E-state index in [0.29, 0.717) is 24.7 Å². The number of ether oxygens (including phenoxy) is 1. The summed E-state index contributed by atoms with van der Waals surface area (Å²) in [4.78, 5) is 16.5. The van der Waals surface area contributed by atoms with Crippen molar-refractivity contribution in [3.05, 3.63) is 23.1 Å². The molecule has 0 aliphatic carbocycles. The Kier molecular flexibility index (Phi) is 5.87. The van der Waals surface area contributed by atoms with Gasteiger partial charge in [0.2, 0.25) is 0 Å². The van der Waals surface area contributed by atoms with Crippen molar-refractivity contribution >= 4 is 11.7 Å². The summed E-state index contributed by atoms with van der Waals surface area (Å²) in [5.74, 6) is 1.09. The molecule has 2 aromatic heterocycles. The maximum Gasteiger partial charge on any atom is 0.319 e. The van der Waals surface area contributed by atoms with Crippen molar-refractivity contribution in [1.82, 2.24) is 25.2 Å². The topological polar surface area (TPSA) is 107 Å². The lowest BCUT2D eigenvalue weighted by atomic mass is 10.2. The van der Waals surface area contributed by atoms with Gasteiger partial charge in [-0.1, -0.05) is 12.1 Å². The highest BCUT2D eigenvalue weighted by molar-refractivity contribution is 5.90. The highest BCUT2D eigenvalue weighted by atomic mass is 16.5. The molecule has 0 saturated carbocycles. The van der Waals surface area contributed by atoms with Crippen LogP contribution in [0.3, 0.4) is 0 Å². The Balaban J connectivity index is 1.47. The first-order valence-corrected chi connectivity index (χ1v) is 9.11. The van der Waals surface area contributed by atoms with Gasteiger partial charge in [-0.15, -0.1) is 0 Å². The molecule has 9 heteroatoms. The van der Waals surface area contributed by atoms with E-state index in [4.69, 9.17) is 9.26 Å². The Morgan fingerprint density at radius 1 is 1.38 bits per heavy atom. The zero-order valence-electron chi connectivity index (χ0n) is 15.5. The van der Waals surface area contributed by atoms with E-state index < -0.39 is 0 Å². The smallest absolute Gasteiger partial charge is 0.319 e. The monoisotopic (exact) mass is 362 g/mol. The van der Waals surface area contributed by atoms with Gasteiger partial charge in [-0.2, -0.15) is 10.1 Å². The molecule has 0 aromatic carbocycles. The van der Waals surface area contributed by atoms with E-state index in [1.165, 1.54) is 0 Å². The molecule has 2 aromatic rings. The molecule has 3 rings (SSSR count). The first-order chi connectivity index (χ1) is 12.6. The lowest BCUT2D eigenvalue weighted by Crippen LogP contribution is -2.31. The van der Waals surface area contributed by atoms with E-state index in [1.54, 1.807) is 0 Å². The minimum absolute atomic E-state index is 0.0851. The van der Waals surface area contributed by atoms with Crippen LogP contribution in [0.15, 0.2) is 4.52 Å². The first kappa shape index (κ1) is 18.4. The Morgan fingerprint density at radius 3 is 2.96 bits per heavy atom. The van der Waals surface area contributed by atoms with Gasteiger partial charge in [0.15, 0.2) is 5.82 Å². The van der Waals surface area contributed by atoms with Crippen LogP contribution in [0.25, 0.3) is 0 Å². The lowest BCUT2D eigenvalue weighted by molar-refractivity contribution is 0.0835. The molecule has 3 heterocycles. The van der Waals surface area contributed by atoms with E-state index >= 15 is 0 Å². The summed E-state index contributed by atoms with van der Waals surface area (Å²) in [7, 11) is 0. The number of aryl methyl sites for hydroxylation is 2. The van der Waals surface area contributed by atoms with Crippen molar-refractivity contribution in [2.75, 3.05) is 18.5 Å². The van der Waals surface area contributed by atoms with Crippen molar-refractivity contribution in [3.8, 4) is 0 Å². The molecule has 1 fully saturated rings. The van der Waals surface area contributed by atoms with Crippen LogP contribution in [0.2, 0.25) is 0 Å². The number of carbonyl (C=O) groups is 1. The molecule has 2 amide bonds. The zero-order valence-corrected chi connectivity index (χ0v) is 15.5. The van der Waals surface area contributed by atoms with E-state index in [0.717, 1.165) is 49.5 Å². The molecule has 26 heavy (non-hydrogen) atoms. The predicted molar refractivity (Wildman–Crippen MR) is 94.9 cm³/mol. The average Bonchev–Trinajstić information content (AvgIpc) is 3.33. The molecule has 1 aliphatic heterocycles. The van der Waals surface area contributed by atoms with Crippen molar-refractivity contribution in [2.45, 2.75) is 59.1 Å². The second-order valence-electron chi connectivity index (χ2n) is 6.45. The Morgan fingerprint density at radius 2 is 2.23 bits per heavy atom. The number of rotatable bonds is 7. The fraction of sp³-hybridized carbons (Fsp3) is 0.647. The molecule has 0 spiro atoms. The van der Waals surface area contributed by atoms with Crippen molar-refractivity contribution in [3.63, 3.8) is 0 Å². The molecule has 0 radical (unpaired) electrons. The molecule has 0 bridgehead atoms. The number of carbonyl (C=O) groups excluding carboxylic acids is 1. The van der Waals surface area contributed by atoms with Crippen molar-refractivity contribution < 1.29 is 14.1 Å². The van der Waals surface area contributed by atoms with Crippen LogP contribution in [-0.2, 0) is 17.7 Å². The summed E-state index contributed by atoms with van der Waals surface area (Å²) in [6.45, 7) is 7.92. The number of hydrogen-bond acceptors (Lipinski definition) is 6. The summed E-state index contributed by atoms with van der Waals surface area (Å²) in [5, 5.41) is 14.1. The van der Waals surface area contributed by atoms with Gasteiger partial charge in [0, 0.05) is 26.1 Å². The second kappa shape index (κ2) is 8.31. The van der Waals surface area contributed by atoms with Crippen LogP contribution in [0.4, 0.5) is 10.5 Å². The maximum absolute atomic E-state index is 12.1. The lowest BCUT2D eigenvalue weighted by Gasteiger charge is -2.07. The Bertz CT molecular complexity index is 748. The second-order valence-corrected chi connectivity index (χ2v) is 6.45. The van der Waals surface area contributed by atoms with Gasteiger partial charge in [0.05, 0.1) is 17.1 Å². The van der Waals surface area contributed by atoms with E-state index in [2.05, 4.69) is 32.8 Å². The van der Waals surface area contributed by atoms with E-state index in [9.17, 15) is 4.79 Å². The fourth-order valence-electron chi connectivity index (χ4n) is 3.03. The van der Waals surface area contributed by atoms with E-state index in [-0.39, 0.29) is 12.1 Å². The minimum Gasteiger partial charge on any atom is -0.368 e. The van der Waals surface area contributed by atoms with Gasteiger partial charge in [-0.3, -0.25) is 4.68 Å². The normalized spacial score (nSPS) is 16.8. The summed E-state index contributed by atoms with van der Waals surface area (Å²) < 4.78 is 12.7. The standard InChI is InChI=1S/C17H26N6O3/c1-4-9-23-12(3)15(11(2)21-23)20-17(24)18-8-7-14-19-16(26-22-14)13-6-5-10-25-13/h13H,4-10H2,1-3H3,(H2,18,20,24)/t13-/m1/s1. The molecule has 2 N–H and O–H groups in total. The average molecular weight is 362 g/mol. The molecule has 0 unspecified atom stereocenters. The van der Waals surface area contributed by atoms with Gasteiger partial charge in [0.25, 0.3) is 5.89 Å². The minimum atomic E-state index is -0.268. The predicted octanol–water partition coefficient (Wildman–Crippen LogP) is 2.51. The van der Waals surface area contributed by atoms with Crippen LogP contribution in [0.5, 0.6) is 0 Å². The number of anilines is 1. The molecule has 142 valence electrons. The van der Waals surface area contributed by atoms with Crippen LogP contribution in [0, 0.1) is 13.8 Å². The number of urea groups is 1. The molecule has 9 nitrogen and oxygen atoms in total. The summed E-state index contributed by atoms with van der Waals surface area (Å²) in [5.41, 5.74) is 2.53. The van der Waals surface area contributed by atoms with Crippen LogP contribution >= 0.6 is 0 Å². The summed E-state index contributed by atoms with van der Waals surface area (Å²) in [6.07, 6.45) is 3.33. The van der Waals surface area contributed by atoms with Crippen molar-refractivity contribution in [1.29, 1.82) is 0 Å². The Labute approximate surface area is 152 Å². The van der Waals surface area contributed by atoms with Gasteiger partial charge in [-0.05, 0) is 33.1 Å². The largest absolute Gasteiger partial charge is 0.368 e. The molecule has 1 saturated heterocycles. The van der Waals surface area contributed by atoms with Gasteiger partial charge >= 0.3 is 6.03 Å². The quantitative estimate of drug-likeness (QED) is 0.784. The first-order valence-electron chi connectivity index (χ1n) is 9.11. The highest BCUT2D eigenvalue weighted by Crippen LogP contribution is 2.26. The molecule has 1 atom stereocenters. The van der Waals surface area contributed by atoms with Crippen LogP contribution in [-0.4, -0.2) is 39.1 Å². The molecule has 1 aliphatic rings.